The van der Waals surface area contributed by atoms with Crippen LogP contribution in [0.3, 0.4) is 0 Å². The van der Waals surface area contributed by atoms with Crippen LogP contribution in [0.15, 0.2) is 17.8 Å². The topological polar surface area (TPSA) is 80.2 Å². The van der Waals surface area contributed by atoms with Crippen molar-refractivity contribution in [3.8, 4) is 5.88 Å². The number of hydrogen-bond acceptors (Lipinski definition) is 7. The molecule has 1 unspecified atom stereocenters. The number of nitrogens with zero attached hydrogens (tertiary/aromatic N) is 4. The summed E-state index contributed by atoms with van der Waals surface area (Å²) in [5.74, 6) is 0.525. The van der Waals surface area contributed by atoms with Crippen LogP contribution in [0.1, 0.15) is 6.42 Å². The third kappa shape index (κ3) is 2.99. The average molecular weight is 297 g/mol. The number of rotatable bonds is 3. The number of hydrogen-bond donors (Lipinski definition) is 1. The highest BCUT2D eigenvalue weighted by atomic mass is 32.1. The van der Waals surface area contributed by atoms with Crippen molar-refractivity contribution in [2.24, 2.45) is 0 Å². The molecule has 0 aromatic carbocycles. The first-order valence-electron chi connectivity index (χ1n) is 5.71. The average Bonchev–Trinajstić information content (AvgIpc) is 3.10. The lowest BCUT2D eigenvalue weighted by molar-refractivity contribution is 0.191. The second kappa shape index (κ2) is 5.49. The van der Waals surface area contributed by atoms with Gasteiger partial charge in [0.05, 0.1) is 18.3 Å². The molecule has 9 heteroatoms. The highest BCUT2D eigenvalue weighted by Gasteiger charge is 2.28. The van der Waals surface area contributed by atoms with E-state index in [0.29, 0.717) is 24.1 Å². The monoisotopic (exact) mass is 297 g/mol. The second-order valence-electron chi connectivity index (χ2n) is 3.99. The predicted octanol–water partition coefficient (Wildman–Crippen LogP) is 1.68. The predicted molar refractivity (Wildman–Crippen MR) is 71.6 cm³/mol. The minimum Gasteiger partial charge on any atom is -0.471 e. The zero-order chi connectivity index (χ0) is 13.1. The zero-order valence-electron chi connectivity index (χ0n) is 9.85. The fraction of sp³-hybridized carbons (Fsp3) is 0.400. The Morgan fingerprint density at radius 2 is 2.53 bits per heavy atom. The molecule has 19 heavy (non-hydrogen) atoms. The van der Waals surface area contributed by atoms with Gasteiger partial charge in [0.15, 0.2) is 5.13 Å². The smallest absolute Gasteiger partial charge is 0.323 e. The fourth-order valence-electron chi connectivity index (χ4n) is 1.84. The summed E-state index contributed by atoms with van der Waals surface area (Å²) in [5.41, 5.74) is 0. The zero-order valence-corrected chi connectivity index (χ0v) is 11.5. The van der Waals surface area contributed by atoms with E-state index in [9.17, 15) is 4.79 Å². The van der Waals surface area contributed by atoms with E-state index in [1.807, 2.05) is 5.38 Å². The van der Waals surface area contributed by atoms with Crippen molar-refractivity contribution in [3.63, 3.8) is 0 Å². The standard InChI is InChI=1S/C10H11N5O2S2/c16-10(13-9-11-2-4-18-9)15-3-1-7(6-15)17-8-5-12-19-14-8/h2,4-5,7H,1,3,6H2,(H,11,13,16). The molecule has 1 atom stereocenters. The van der Waals surface area contributed by atoms with Crippen LogP contribution in [0, 0.1) is 0 Å². The minimum atomic E-state index is -0.141. The highest BCUT2D eigenvalue weighted by Crippen LogP contribution is 2.18. The lowest BCUT2D eigenvalue weighted by atomic mass is 10.3. The maximum atomic E-state index is 12.0. The number of carbonyl (C=O) groups excluding carboxylic acids is 1. The van der Waals surface area contributed by atoms with E-state index in [-0.39, 0.29) is 12.1 Å². The molecule has 1 aliphatic heterocycles. The van der Waals surface area contributed by atoms with Gasteiger partial charge >= 0.3 is 6.03 Å². The second-order valence-corrected chi connectivity index (χ2v) is 5.44. The molecule has 7 nitrogen and oxygen atoms in total. The van der Waals surface area contributed by atoms with Gasteiger partial charge in [-0.2, -0.15) is 4.37 Å². The number of carbonyl (C=O) groups is 1. The third-order valence-corrected chi connectivity index (χ3v) is 3.86. The summed E-state index contributed by atoms with van der Waals surface area (Å²) in [6, 6.07) is -0.141. The van der Waals surface area contributed by atoms with Gasteiger partial charge in [-0.05, 0) is 0 Å². The maximum Gasteiger partial charge on any atom is 0.323 e. The van der Waals surface area contributed by atoms with E-state index in [1.54, 1.807) is 17.3 Å². The Labute approximate surface area is 117 Å². The summed E-state index contributed by atoms with van der Waals surface area (Å²) < 4.78 is 13.5. The summed E-state index contributed by atoms with van der Waals surface area (Å²) in [5, 5.41) is 5.19. The number of ether oxygens (including phenoxy) is 1. The Morgan fingerprint density at radius 1 is 1.58 bits per heavy atom. The fourth-order valence-corrected chi connectivity index (χ4v) is 2.72. The van der Waals surface area contributed by atoms with Gasteiger partial charge in [-0.3, -0.25) is 5.32 Å². The number of anilines is 1. The number of amides is 2. The number of urea groups is 1. The van der Waals surface area contributed by atoms with Gasteiger partial charge in [0.25, 0.3) is 0 Å². The number of nitrogens with one attached hydrogen (secondary N) is 1. The molecule has 0 bridgehead atoms. The third-order valence-electron chi connectivity index (χ3n) is 2.71. The first-order chi connectivity index (χ1) is 9.31. The quantitative estimate of drug-likeness (QED) is 0.932. The number of aromatic nitrogens is 3. The van der Waals surface area contributed by atoms with E-state index in [0.717, 1.165) is 18.1 Å². The summed E-state index contributed by atoms with van der Waals surface area (Å²) in [7, 11) is 0. The van der Waals surface area contributed by atoms with E-state index in [1.165, 1.54) is 11.3 Å². The van der Waals surface area contributed by atoms with Crippen LogP contribution in [0.25, 0.3) is 0 Å². The first-order valence-corrected chi connectivity index (χ1v) is 7.32. The molecule has 1 saturated heterocycles. The molecular formula is C10H11N5O2S2. The summed E-state index contributed by atoms with van der Waals surface area (Å²) in [6.07, 6.45) is 4.02. The summed E-state index contributed by atoms with van der Waals surface area (Å²) >= 11 is 2.50. The largest absolute Gasteiger partial charge is 0.471 e. The molecule has 0 aliphatic carbocycles. The van der Waals surface area contributed by atoms with Gasteiger partial charge in [-0.15, -0.1) is 15.7 Å². The van der Waals surface area contributed by atoms with Crippen LogP contribution < -0.4 is 10.1 Å². The van der Waals surface area contributed by atoms with E-state index >= 15 is 0 Å². The van der Waals surface area contributed by atoms with Gasteiger partial charge in [0.1, 0.15) is 12.3 Å². The Bertz CT molecular complexity index is 530. The van der Waals surface area contributed by atoms with Crippen molar-refractivity contribution < 1.29 is 9.53 Å². The molecule has 2 aromatic rings. The Morgan fingerprint density at radius 3 is 3.26 bits per heavy atom. The van der Waals surface area contributed by atoms with Crippen LogP contribution in [-0.2, 0) is 0 Å². The van der Waals surface area contributed by atoms with Crippen LogP contribution >= 0.6 is 23.1 Å². The Hall–Kier alpha value is -1.74. The van der Waals surface area contributed by atoms with Gasteiger partial charge < -0.3 is 9.64 Å². The molecule has 1 aliphatic rings. The molecule has 1 fully saturated rings. The van der Waals surface area contributed by atoms with Crippen molar-refractivity contribution >= 4 is 34.2 Å². The molecule has 3 rings (SSSR count). The van der Waals surface area contributed by atoms with Crippen molar-refractivity contribution in [3.05, 3.63) is 17.8 Å². The highest BCUT2D eigenvalue weighted by molar-refractivity contribution is 7.13. The SMILES string of the molecule is O=C(Nc1nccs1)N1CCC(Oc2cnsn2)C1. The van der Waals surface area contributed by atoms with E-state index in [4.69, 9.17) is 4.74 Å². The summed E-state index contributed by atoms with van der Waals surface area (Å²) in [4.78, 5) is 17.7. The Kier molecular flexibility index (Phi) is 3.56. The number of thiazole rings is 1. The van der Waals surface area contributed by atoms with Crippen LogP contribution in [0.2, 0.25) is 0 Å². The molecular weight excluding hydrogens is 286 g/mol. The van der Waals surface area contributed by atoms with Crippen molar-refractivity contribution in [2.45, 2.75) is 12.5 Å². The minimum absolute atomic E-state index is 0.0223. The maximum absolute atomic E-state index is 12.0. The normalized spacial score (nSPS) is 18.5. The Balaban J connectivity index is 1.52. The molecule has 2 amide bonds. The van der Waals surface area contributed by atoms with Gasteiger partial charge in [-0.25, -0.2) is 9.78 Å². The molecule has 100 valence electrons. The van der Waals surface area contributed by atoms with Crippen LogP contribution in [-0.4, -0.2) is 43.9 Å². The van der Waals surface area contributed by atoms with Gasteiger partial charge in [-0.1, -0.05) is 0 Å². The van der Waals surface area contributed by atoms with E-state index < -0.39 is 0 Å². The first kappa shape index (κ1) is 12.3. The van der Waals surface area contributed by atoms with Gasteiger partial charge in [0.2, 0.25) is 5.88 Å². The van der Waals surface area contributed by atoms with Crippen molar-refractivity contribution in [1.82, 2.24) is 18.6 Å². The molecule has 2 aromatic heterocycles. The van der Waals surface area contributed by atoms with E-state index in [2.05, 4.69) is 19.0 Å². The molecule has 1 N–H and O–H groups in total. The molecule has 3 heterocycles. The molecule has 0 spiro atoms. The van der Waals surface area contributed by atoms with Crippen LogP contribution in [0.5, 0.6) is 5.88 Å². The summed E-state index contributed by atoms with van der Waals surface area (Å²) in [6.45, 7) is 1.22. The van der Waals surface area contributed by atoms with Gasteiger partial charge in [0, 0.05) is 24.5 Å². The van der Waals surface area contributed by atoms with Crippen molar-refractivity contribution in [1.29, 1.82) is 0 Å². The van der Waals surface area contributed by atoms with Crippen molar-refractivity contribution in [2.75, 3.05) is 18.4 Å². The lowest BCUT2D eigenvalue weighted by Gasteiger charge is -2.16. The lowest BCUT2D eigenvalue weighted by Crippen LogP contribution is -2.34. The number of likely N-dealkylation sites (tertiary alicyclic amines) is 1. The van der Waals surface area contributed by atoms with Crippen LogP contribution in [0.4, 0.5) is 9.93 Å². The molecule has 0 saturated carbocycles. The molecule has 0 radical (unpaired) electrons.